The second-order valence-electron chi connectivity index (χ2n) is 5.93. The van der Waals surface area contributed by atoms with E-state index in [0.717, 1.165) is 43.5 Å². The summed E-state index contributed by atoms with van der Waals surface area (Å²) in [6.07, 6.45) is 4.88. The zero-order valence-corrected chi connectivity index (χ0v) is 12.8. The standard InChI is InChI=1S/C17H26FNO/c1-4-5-16-10-15(6-7-20-16)19-11-14-8-12(2)17(18)13(3)9-14/h8-9,15-16,19H,4-7,10-11H2,1-3H3. The molecule has 2 unspecified atom stereocenters. The van der Waals surface area contributed by atoms with Crippen molar-refractivity contribution in [3.63, 3.8) is 0 Å². The molecule has 112 valence electrons. The Kier molecular flexibility index (Phi) is 5.55. The maximum absolute atomic E-state index is 13.6. The monoisotopic (exact) mass is 279 g/mol. The highest BCUT2D eigenvalue weighted by Gasteiger charge is 2.21. The number of hydrogen-bond acceptors (Lipinski definition) is 2. The first-order chi connectivity index (χ1) is 9.60. The van der Waals surface area contributed by atoms with Crippen LogP contribution >= 0.6 is 0 Å². The van der Waals surface area contributed by atoms with Crippen LogP contribution in [0.15, 0.2) is 12.1 Å². The Balaban J connectivity index is 1.88. The third kappa shape index (κ3) is 4.03. The highest BCUT2D eigenvalue weighted by molar-refractivity contribution is 5.30. The molecule has 0 aromatic heterocycles. The summed E-state index contributed by atoms with van der Waals surface area (Å²) < 4.78 is 19.4. The van der Waals surface area contributed by atoms with Gasteiger partial charge in [-0.25, -0.2) is 4.39 Å². The lowest BCUT2D eigenvalue weighted by atomic mass is 9.99. The van der Waals surface area contributed by atoms with Crippen LogP contribution in [0, 0.1) is 19.7 Å². The predicted molar refractivity (Wildman–Crippen MR) is 80.4 cm³/mol. The summed E-state index contributed by atoms with van der Waals surface area (Å²) in [6.45, 7) is 7.52. The van der Waals surface area contributed by atoms with Crippen LogP contribution in [0.4, 0.5) is 4.39 Å². The van der Waals surface area contributed by atoms with Gasteiger partial charge >= 0.3 is 0 Å². The summed E-state index contributed by atoms with van der Waals surface area (Å²) in [4.78, 5) is 0. The third-order valence-electron chi connectivity index (χ3n) is 4.07. The Hall–Kier alpha value is -0.930. The molecule has 3 heteroatoms. The maximum Gasteiger partial charge on any atom is 0.129 e. The summed E-state index contributed by atoms with van der Waals surface area (Å²) >= 11 is 0. The van der Waals surface area contributed by atoms with Crippen molar-refractivity contribution in [3.8, 4) is 0 Å². The van der Waals surface area contributed by atoms with E-state index in [1.165, 1.54) is 12.0 Å². The molecule has 0 saturated carbocycles. The number of ether oxygens (including phenoxy) is 1. The van der Waals surface area contributed by atoms with Gasteiger partial charge in [-0.15, -0.1) is 0 Å². The zero-order valence-electron chi connectivity index (χ0n) is 12.8. The van der Waals surface area contributed by atoms with Crippen molar-refractivity contribution in [2.45, 2.75) is 65.1 Å². The fourth-order valence-corrected chi connectivity index (χ4v) is 2.99. The summed E-state index contributed by atoms with van der Waals surface area (Å²) in [7, 11) is 0. The van der Waals surface area contributed by atoms with E-state index >= 15 is 0 Å². The molecule has 1 saturated heterocycles. The summed E-state index contributed by atoms with van der Waals surface area (Å²) in [5.74, 6) is -0.0807. The first-order valence-electron chi connectivity index (χ1n) is 7.70. The number of rotatable bonds is 5. The molecule has 2 atom stereocenters. The number of nitrogens with one attached hydrogen (secondary N) is 1. The molecule has 0 amide bonds. The van der Waals surface area contributed by atoms with Crippen molar-refractivity contribution in [3.05, 3.63) is 34.6 Å². The van der Waals surface area contributed by atoms with Crippen LogP contribution in [0.2, 0.25) is 0 Å². The smallest absolute Gasteiger partial charge is 0.129 e. The van der Waals surface area contributed by atoms with Crippen molar-refractivity contribution in [1.82, 2.24) is 5.32 Å². The van der Waals surface area contributed by atoms with E-state index in [1.54, 1.807) is 0 Å². The van der Waals surface area contributed by atoms with Gasteiger partial charge in [0.2, 0.25) is 0 Å². The van der Waals surface area contributed by atoms with Gasteiger partial charge in [-0.05, 0) is 49.8 Å². The van der Waals surface area contributed by atoms with Crippen LogP contribution in [-0.4, -0.2) is 18.8 Å². The quantitative estimate of drug-likeness (QED) is 0.883. The molecule has 1 N–H and O–H groups in total. The average molecular weight is 279 g/mol. The van der Waals surface area contributed by atoms with Crippen LogP contribution in [0.25, 0.3) is 0 Å². The Morgan fingerprint density at radius 1 is 1.30 bits per heavy atom. The minimum Gasteiger partial charge on any atom is -0.378 e. The van der Waals surface area contributed by atoms with E-state index in [2.05, 4.69) is 12.2 Å². The molecule has 20 heavy (non-hydrogen) atoms. The van der Waals surface area contributed by atoms with Gasteiger partial charge in [-0.1, -0.05) is 25.5 Å². The van der Waals surface area contributed by atoms with Crippen LogP contribution in [0.1, 0.15) is 49.3 Å². The second kappa shape index (κ2) is 7.19. The van der Waals surface area contributed by atoms with Crippen LogP contribution in [0.5, 0.6) is 0 Å². The molecule has 1 heterocycles. The third-order valence-corrected chi connectivity index (χ3v) is 4.07. The van der Waals surface area contributed by atoms with Gasteiger partial charge in [0.1, 0.15) is 5.82 Å². The van der Waals surface area contributed by atoms with Gasteiger partial charge in [0.05, 0.1) is 6.10 Å². The lowest BCUT2D eigenvalue weighted by Crippen LogP contribution is -2.38. The van der Waals surface area contributed by atoms with Crippen molar-refractivity contribution >= 4 is 0 Å². The molecule has 1 aliphatic heterocycles. The lowest BCUT2D eigenvalue weighted by Gasteiger charge is -2.30. The fourth-order valence-electron chi connectivity index (χ4n) is 2.99. The first-order valence-corrected chi connectivity index (χ1v) is 7.70. The Morgan fingerprint density at radius 3 is 2.65 bits per heavy atom. The molecular formula is C17H26FNO. The van der Waals surface area contributed by atoms with Gasteiger partial charge < -0.3 is 10.1 Å². The van der Waals surface area contributed by atoms with Crippen LogP contribution < -0.4 is 5.32 Å². The summed E-state index contributed by atoms with van der Waals surface area (Å²) in [5, 5.41) is 3.60. The number of benzene rings is 1. The summed E-state index contributed by atoms with van der Waals surface area (Å²) in [6, 6.07) is 4.40. The highest BCUT2D eigenvalue weighted by Crippen LogP contribution is 2.19. The molecular weight excluding hydrogens is 253 g/mol. The van der Waals surface area contributed by atoms with Gasteiger partial charge in [0.25, 0.3) is 0 Å². The van der Waals surface area contributed by atoms with Crippen molar-refractivity contribution in [1.29, 1.82) is 0 Å². The van der Waals surface area contributed by atoms with E-state index in [1.807, 2.05) is 26.0 Å². The SMILES string of the molecule is CCCC1CC(NCc2cc(C)c(F)c(C)c2)CCO1. The minimum absolute atomic E-state index is 0.0807. The Labute approximate surface area is 121 Å². The molecule has 0 bridgehead atoms. The van der Waals surface area contributed by atoms with E-state index < -0.39 is 0 Å². The van der Waals surface area contributed by atoms with Gasteiger partial charge in [0, 0.05) is 19.2 Å². The fraction of sp³-hybridized carbons (Fsp3) is 0.647. The van der Waals surface area contributed by atoms with E-state index in [4.69, 9.17) is 4.74 Å². The van der Waals surface area contributed by atoms with E-state index in [-0.39, 0.29) is 5.82 Å². The Bertz CT molecular complexity index is 422. The van der Waals surface area contributed by atoms with Crippen LogP contribution in [0.3, 0.4) is 0 Å². The normalized spacial score (nSPS) is 23.0. The number of halogens is 1. The van der Waals surface area contributed by atoms with Gasteiger partial charge in [-0.2, -0.15) is 0 Å². The number of aryl methyl sites for hydroxylation is 2. The molecule has 1 fully saturated rings. The maximum atomic E-state index is 13.6. The molecule has 1 aromatic carbocycles. The molecule has 2 rings (SSSR count). The van der Waals surface area contributed by atoms with E-state index in [0.29, 0.717) is 12.1 Å². The van der Waals surface area contributed by atoms with Crippen molar-refractivity contribution < 1.29 is 9.13 Å². The highest BCUT2D eigenvalue weighted by atomic mass is 19.1. The van der Waals surface area contributed by atoms with E-state index in [9.17, 15) is 4.39 Å². The van der Waals surface area contributed by atoms with Crippen molar-refractivity contribution in [2.24, 2.45) is 0 Å². The first kappa shape index (κ1) is 15.5. The van der Waals surface area contributed by atoms with Gasteiger partial charge in [0.15, 0.2) is 0 Å². The molecule has 0 aliphatic carbocycles. The Morgan fingerprint density at radius 2 is 2.00 bits per heavy atom. The van der Waals surface area contributed by atoms with Crippen LogP contribution in [-0.2, 0) is 11.3 Å². The minimum atomic E-state index is -0.0807. The summed E-state index contributed by atoms with van der Waals surface area (Å²) in [5.41, 5.74) is 2.63. The molecule has 2 nitrogen and oxygen atoms in total. The number of hydrogen-bond donors (Lipinski definition) is 1. The molecule has 0 radical (unpaired) electrons. The topological polar surface area (TPSA) is 21.3 Å². The molecule has 1 aromatic rings. The van der Waals surface area contributed by atoms with Gasteiger partial charge in [-0.3, -0.25) is 0 Å². The molecule has 1 aliphatic rings. The van der Waals surface area contributed by atoms with Crippen molar-refractivity contribution in [2.75, 3.05) is 6.61 Å². The predicted octanol–water partition coefficient (Wildman–Crippen LogP) is 3.88. The second-order valence-corrected chi connectivity index (χ2v) is 5.93. The zero-order chi connectivity index (χ0) is 14.5. The largest absolute Gasteiger partial charge is 0.378 e. The lowest BCUT2D eigenvalue weighted by molar-refractivity contribution is -0.00343. The molecule has 0 spiro atoms. The average Bonchev–Trinajstić information content (AvgIpc) is 2.43.